The topological polar surface area (TPSA) is 60.4 Å². The predicted molar refractivity (Wildman–Crippen MR) is 123 cm³/mol. The van der Waals surface area contributed by atoms with Crippen LogP contribution in [0.1, 0.15) is 51.2 Å². The molecule has 7 nitrogen and oxygen atoms in total. The molecule has 2 saturated heterocycles. The fourth-order valence-electron chi connectivity index (χ4n) is 4.64. The molecule has 0 saturated carbocycles. The molecular formula is C24H37N5O2. The van der Waals surface area contributed by atoms with Gasteiger partial charge in [-0.25, -0.2) is 4.79 Å². The van der Waals surface area contributed by atoms with Gasteiger partial charge in [0.15, 0.2) is 5.96 Å². The lowest BCUT2D eigenvalue weighted by molar-refractivity contribution is 0.0137. The highest BCUT2D eigenvalue weighted by Crippen LogP contribution is 2.20. The van der Waals surface area contributed by atoms with Crippen LogP contribution in [-0.2, 0) is 17.8 Å². The van der Waals surface area contributed by atoms with Gasteiger partial charge in [0, 0.05) is 32.7 Å². The summed E-state index contributed by atoms with van der Waals surface area (Å²) in [4.78, 5) is 23.9. The van der Waals surface area contributed by atoms with E-state index in [-0.39, 0.29) is 12.1 Å². The third-order valence-electron chi connectivity index (χ3n) is 6.26. The first-order valence-electron chi connectivity index (χ1n) is 11.7. The first-order valence-corrected chi connectivity index (χ1v) is 11.7. The first-order chi connectivity index (χ1) is 14.9. The van der Waals surface area contributed by atoms with Crippen LogP contribution in [-0.4, -0.2) is 77.7 Å². The van der Waals surface area contributed by atoms with E-state index < -0.39 is 5.60 Å². The van der Waals surface area contributed by atoms with Crippen LogP contribution in [0.4, 0.5) is 4.79 Å². The van der Waals surface area contributed by atoms with Crippen LogP contribution in [0.3, 0.4) is 0 Å². The second-order valence-electron chi connectivity index (χ2n) is 9.90. The van der Waals surface area contributed by atoms with Gasteiger partial charge >= 0.3 is 6.09 Å². The van der Waals surface area contributed by atoms with Crippen LogP contribution < -0.4 is 5.32 Å². The zero-order valence-corrected chi connectivity index (χ0v) is 19.3. The number of nitrogens with one attached hydrogen (secondary N) is 1. The van der Waals surface area contributed by atoms with Crippen molar-refractivity contribution in [1.82, 2.24) is 20.0 Å². The van der Waals surface area contributed by atoms with Crippen molar-refractivity contribution in [3.63, 3.8) is 0 Å². The van der Waals surface area contributed by atoms with Crippen molar-refractivity contribution in [2.45, 2.75) is 64.8 Å². The van der Waals surface area contributed by atoms with Gasteiger partial charge < -0.3 is 19.9 Å². The van der Waals surface area contributed by atoms with E-state index in [2.05, 4.69) is 39.4 Å². The molecule has 0 spiro atoms. The van der Waals surface area contributed by atoms with Crippen LogP contribution in [0, 0.1) is 0 Å². The van der Waals surface area contributed by atoms with Crippen LogP contribution in [0.15, 0.2) is 29.3 Å². The molecule has 1 atom stereocenters. The minimum atomic E-state index is -0.464. The molecule has 0 bridgehead atoms. The Labute approximate surface area is 186 Å². The van der Waals surface area contributed by atoms with E-state index >= 15 is 0 Å². The molecule has 7 heteroatoms. The maximum absolute atomic E-state index is 12.4. The number of aliphatic imine (C=N–C) groups is 1. The van der Waals surface area contributed by atoms with Crippen LogP contribution in [0.5, 0.6) is 0 Å². The number of ether oxygens (including phenoxy) is 1. The van der Waals surface area contributed by atoms with Crippen molar-refractivity contribution in [3.8, 4) is 0 Å². The van der Waals surface area contributed by atoms with Crippen LogP contribution in [0.2, 0.25) is 0 Å². The fourth-order valence-corrected chi connectivity index (χ4v) is 4.64. The van der Waals surface area contributed by atoms with Gasteiger partial charge in [-0.05, 0) is 57.8 Å². The van der Waals surface area contributed by atoms with Gasteiger partial charge in [0.2, 0.25) is 0 Å². The average Bonchev–Trinajstić information content (AvgIpc) is 3.15. The monoisotopic (exact) mass is 427 g/mol. The lowest BCUT2D eigenvalue weighted by Gasteiger charge is -2.39. The Morgan fingerprint density at radius 3 is 2.58 bits per heavy atom. The van der Waals surface area contributed by atoms with Crippen molar-refractivity contribution in [3.05, 3.63) is 35.4 Å². The molecule has 4 rings (SSSR count). The van der Waals surface area contributed by atoms with E-state index in [1.807, 2.05) is 25.7 Å². The van der Waals surface area contributed by atoms with Gasteiger partial charge in [0.1, 0.15) is 5.60 Å². The number of amides is 1. The summed E-state index contributed by atoms with van der Waals surface area (Å²) in [5.41, 5.74) is 2.28. The molecule has 0 aliphatic carbocycles. The molecule has 31 heavy (non-hydrogen) atoms. The average molecular weight is 428 g/mol. The van der Waals surface area contributed by atoms with Gasteiger partial charge in [-0.1, -0.05) is 30.7 Å². The summed E-state index contributed by atoms with van der Waals surface area (Å²) >= 11 is 0. The number of benzene rings is 1. The van der Waals surface area contributed by atoms with E-state index in [1.54, 1.807) is 0 Å². The second-order valence-corrected chi connectivity index (χ2v) is 9.90. The Balaban J connectivity index is 1.31. The number of carbonyl (C=O) groups excluding carboxylic acids is 1. The van der Waals surface area contributed by atoms with E-state index in [4.69, 9.17) is 9.73 Å². The minimum Gasteiger partial charge on any atom is -0.444 e. The summed E-state index contributed by atoms with van der Waals surface area (Å²) < 4.78 is 5.54. The highest BCUT2D eigenvalue weighted by atomic mass is 16.6. The standard InChI is InChI=1S/C24H37N5O2/c1-24(2,3)31-23(30)28-13-14-29-21(18-28)16-26-22(29)25-15-19-9-5-6-10-20(19)17-27-11-7-4-8-12-27/h5-6,9-10,21H,4,7-8,11-18H2,1-3H3,(H,25,26). The molecule has 1 N–H and O–H groups in total. The van der Waals surface area contributed by atoms with Crippen molar-refractivity contribution >= 4 is 12.1 Å². The molecule has 3 heterocycles. The number of likely N-dealkylation sites (tertiary alicyclic amines) is 1. The molecule has 1 amide bonds. The van der Waals surface area contributed by atoms with Gasteiger partial charge in [0.05, 0.1) is 12.6 Å². The maximum atomic E-state index is 12.4. The summed E-state index contributed by atoms with van der Waals surface area (Å²) in [6.45, 7) is 12.8. The number of piperidine rings is 1. The second kappa shape index (κ2) is 9.47. The van der Waals surface area contributed by atoms with Gasteiger partial charge in [-0.15, -0.1) is 0 Å². The molecule has 1 aromatic carbocycles. The van der Waals surface area contributed by atoms with E-state index in [1.165, 1.54) is 43.5 Å². The zero-order chi connectivity index (χ0) is 21.8. The van der Waals surface area contributed by atoms with Gasteiger partial charge in [-0.2, -0.15) is 0 Å². The van der Waals surface area contributed by atoms with Gasteiger partial charge in [0.25, 0.3) is 0 Å². The number of hydrogen-bond acceptors (Lipinski definition) is 6. The summed E-state index contributed by atoms with van der Waals surface area (Å²) in [6, 6.07) is 8.97. The Kier molecular flexibility index (Phi) is 6.70. The molecule has 0 aromatic heterocycles. The number of nitrogens with zero attached hydrogens (tertiary/aromatic N) is 4. The molecule has 3 aliphatic heterocycles. The SMILES string of the molecule is CC(C)(C)OC(=O)N1CCN2C(NCc3ccccc3CN3CCCCC3)=NCC2C1. The minimum absolute atomic E-state index is 0.222. The number of rotatable bonds is 4. The molecule has 1 unspecified atom stereocenters. The highest BCUT2D eigenvalue weighted by Gasteiger charge is 2.36. The third kappa shape index (κ3) is 5.70. The third-order valence-corrected chi connectivity index (χ3v) is 6.26. The van der Waals surface area contributed by atoms with E-state index in [0.29, 0.717) is 13.1 Å². The van der Waals surface area contributed by atoms with E-state index in [0.717, 1.165) is 32.1 Å². The Morgan fingerprint density at radius 2 is 1.84 bits per heavy atom. The highest BCUT2D eigenvalue weighted by molar-refractivity contribution is 5.82. The normalized spacial score (nSPS) is 22.2. The Hall–Kier alpha value is -2.28. The first kappa shape index (κ1) is 21.9. The lowest BCUT2D eigenvalue weighted by Crippen LogP contribution is -2.57. The molecule has 1 aromatic rings. The molecule has 2 fully saturated rings. The number of fused-ring (bicyclic) bond motifs is 1. The zero-order valence-electron chi connectivity index (χ0n) is 19.3. The van der Waals surface area contributed by atoms with Crippen molar-refractivity contribution in [1.29, 1.82) is 0 Å². The van der Waals surface area contributed by atoms with Crippen LogP contribution >= 0.6 is 0 Å². The summed E-state index contributed by atoms with van der Waals surface area (Å²) in [7, 11) is 0. The van der Waals surface area contributed by atoms with E-state index in [9.17, 15) is 4.79 Å². The van der Waals surface area contributed by atoms with Crippen molar-refractivity contribution in [2.24, 2.45) is 4.99 Å². The van der Waals surface area contributed by atoms with Crippen LogP contribution in [0.25, 0.3) is 0 Å². The Bertz CT molecular complexity index is 797. The maximum Gasteiger partial charge on any atom is 0.410 e. The number of hydrogen-bond donors (Lipinski definition) is 1. The van der Waals surface area contributed by atoms with Crippen molar-refractivity contribution in [2.75, 3.05) is 39.3 Å². The smallest absolute Gasteiger partial charge is 0.410 e. The fraction of sp³-hybridized carbons (Fsp3) is 0.667. The summed E-state index contributed by atoms with van der Waals surface area (Å²) in [5, 5.41) is 3.58. The summed E-state index contributed by atoms with van der Waals surface area (Å²) in [6.07, 6.45) is 3.77. The molecule has 0 radical (unpaired) electrons. The molecule has 170 valence electrons. The molecular weight excluding hydrogens is 390 g/mol. The number of piperazine rings is 1. The van der Waals surface area contributed by atoms with Crippen molar-refractivity contribution < 1.29 is 9.53 Å². The predicted octanol–water partition coefficient (Wildman–Crippen LogP) is 3.05. The quantitative estimate of drug-likeness (QED) is 0.800. The Morgan fingerprint density at radius 1 is 1.10 bits per heavy atom. The number of guanidine groups is 1. The summed E-state index contributed by atoms with van der Waals surface area (Å²) in [5.74, 6) is 0.960. The number of carbonyl (C=O) groups is 1. The molecule has 3 aliphatic rings. The lowest BCUT2D eigenvalue weighted by atomic mass is 10.0. The largest absolute Gasteiger partial charge is 0.444 e. The van der Waals surface area contributed by atoms with Gasteiger partial charge in [-0.3, -0.25) is 9.89 Å².